The zero-order chi connectivity index (χ0) is 14.4. The molecule has 1 fully saturated rings. The van der Waals surface area contributed by atoms with Crippen LogP contribution >= 0.6 is 0 Å². The largest absolute Gasteiger partial charge is 0.342 e. The molecule has 0 aromatic rings. The third-order valence-electron chi connectivity index (χ3n) is 3.94. The molecule has 4 heteroatoms. The van der Waals surface area contributed by atoms with Gasteiger partial charge in [-0.15, -0.1) is 0 Å². The molecule has 2 N–H and O–H groups in total. The molecule has 1 saturated heterocycles. The Labute approximate surface area is 118 Å². The van der Waals surface area contributed by atoms with E-state index in [9.17, 15) is 4.79 Å². The first kappa shape index (κ1) is 16.4. The van der Waals surface area contributed by atoms with Crippen LogP contribution in [0.2, 0.25) is 0 Å². The first-order valence-corrected chi connectivity index (χ1v) is 7.57. The minimum absolute atomic E-state index is 0.0189. The van der Waals surface area contributed by atoms with Crippen molar-refractivity contribution >= 4 is 5.91 Å². The topological polar surface area (TPSA) is 49.6 Å². The van der Waals surface area contributed by atoms with Gasteiger partial charge in [-0.1, -0.05) is 13.8 Å². The lowest BCUT2D eigenvalue weighted by atomic mass is 9.92. The van der Waals surface area contributed by atoms with E-state index in [2.05, 4.69) is 32.8 Å². The highest BCUT2D eigenvalue weighted by atomic mass is 16.2. The molecule has 19 heavy (non-hydrogen) atoms. The molecule has 1 aliphatic heterocycles. The summed E-state index contributed by atoms with van der Waals surface area (Å²) in [6, 6.07) is 0. The van der Waals surface area contributed by atoms with Crippen molar-refractivity contribution in [1.82, 2.24) is 9.80 Å². The summed E-state index contributed by atoms with van der Waals surface area (Å²) in [7, 11) is 4.23. The van der Waals surface area contributed by atoms with Gasteiger partial charge in [0.15, 0.2) is 0 Å². The van der Waals surface area contributed by atoms with E-state index in [4.69, 9.17) is 5.73 Å². The van der Waals surface area contributed by atoms with Crippen LogP contribution in [0, 0.1) is 17.8 Å². The lowest BCUT2D eigenvalue weighted by molar-refractivity contribution is -0.137. The number of hydrogen-bond acceptors (Lipinski definition) is 3. The molecular weight excluding hydrogens is 238 g/mol. The van der Waals surface area contributed by atoms with Gasteiger partial charge in [0.25, 0.3) is 0 Å². The average Bonchev–Trinajstić information content (AvgIpc) is 2.35. The first-order valence-electron chi connectivity index (χ1n) is 7.57. The van der Waals surface area contributed by atoms with Crippen molar-refractivity contribution in [3.8, 4) is 0 Å². The number of carbonyl (C=O) groups is 1. The Morgan fingerprint density at radius 1 is 1.32 bits per heavy atom. The minimum atomic E-state index is 0.0189. The van der Waals surface area contributed by atoms with Crippen LogP contribution in [0.15, 0.2) is 0 Å². The maximum atomic E-state index is 12.4. The standard InChI is InChI=1S/C15H31N3O/c1-12(2)9-14(10-16)15(19)18-7-5-13(6-8-18)11-17(3)4/h12-14H,5-11,16H2,1-4H3. The van der Waals surface area contributed by atoms with E-state index in [0.29, 0.717) is 12.5 Å². The summed E-state index contributed by atoms with van der Waals surface area (Å²) in [5.74, 6) is 1.56. The third-order valence-corrected chi connectivity index (χ3v) is 3.94. The van der Waals surface area contributed by atoms with Crippen LogP contribution in [-0.2, 0) is 4.79 Å². The molecule has 1 atom stereocenters. The molecule has 1 unspecified atom stereocenters. The summed E-state index contributed by atoms with van der Waals surface area (Å²) in [5, 5.41) is 0. The molecule has 0 spiro atoms. The number of carbonyl (C=O) groups excluding carboxylic acids is 1. The van der Waals surface area contributed by atoms with Crippen molar-refractivity contribution in [2.45, 2.75) is 33.1 Å². The highest BCUT2D eigenvalue weighted by Crippen LogP contribution is 2.21. The van der Waals surface area contributed by atoms with Crippen molar-refractivity contribution in [2.24, 2.45) is 23.5 Å². The summed E-state index contributed by atoms with van der Waals surface area (Å²) in [5.41, 5.74) is 5.77. The zero-order valence-electron chi connectivity index (χ0n) is 13.1. The normalized spacial score (nSPS) is 19.2. The molecule has 0 bridgehead atoms. The molecule has 112 valence electrons. The second kappa shape index (κ2) is 7.85. The van der Waals surface area contributed by atoms with Crippen LogP contribution in [0.3, 0.4) is 0 Å². The van der Waals surface area contributed by atoms with Crippen LogP contribution in [0.5, 0.6) is 0 Å². The SMILES string of the molecule is CC(C)CC(CN)C(=O)N1CCC(CN(C)C)CC1. The number of nitrogens with two attached hydrogens (primary N) is 1. The van der Waals surface area contributed by atoms with Crippen LogP contribution in [0.4, 0.5) is 0 Å². The monoisotopic (exact) mass is 269 g/mol. The number of likely N-dealkylation sites (tertiary alicyclic amines) is 1. The van der Waals surface area contributed by atoms with Gasteiger partial charge in [0.2, 0.25) is 5.91 Å². The van der Waals surface area contributed by atoms with E-state index in [1.807, 2.05) is 4.90 Å². The highest BCUT2D eigenvalue weighted by Gasteiger charge is 2.27. The number of nitrogens with zero attached hydrogens (tertiary/aromatic N) is 2. The Hall–Kier alpha value is -0.610. The Morgan fingerprint density at radius 2 is 1.89 bits per heavy atom. The predicted molar refractivity (Wildman–Crippen MR) is 79.9 cm³/mol. The molecule has 0 aromatic heterocycles. The summed E-state index contributed by atoms with van der Waals surface area (Å²) in [4.78, 5) is 16.7. The molecule has 1 rings (SSSR count). The molecule has 1 amide bonds. The van der Waals surface area contributed by atoms with Gasteiger partial charge >= 0.3 is 0 Å². The maximum absolute atomic E-state index is 12.4. The van der Waals surface area contributed by atoms with Gasteiger partial charge in [0, 0.05) is 26.2 Å². The van der Waals surface area contributed by atoms with Gasteiger partial charge in [-0.05, 0) is 45.2 Å². The Bertz CT molecular complexity index is 271. The molecule has 4 nitrogen and oxygen atoms in total. The van der Waals surface area contributed by atoms with E-state index >= 15 is 0 Å². The Morgan fingerprint density at radius 3 is 2.32 bits per heavy atom. The second-order valence-corrected chi connectivity index (χ2v) is 6.59. The molecule has 1 heterocycles. The van der Waals surface area contributed by atoms with Crippen LogP contribution < -0.4 is 5.73 Å². The maximum Gasteiger partial charge on any atom is 0.226 e. The Kier molecular flexibility index (Phi) is 6.80. The molecule has 0 radical (unpaired) electrons. The summed E-state index contributed by atoms with van der Waals surface area (Å²) < 4.78 is 0. The average molecular weight is 269 g/mol. The van der Waals surface area contributed by atoms with E-state index in [1.165, 1.54) is 0 Å². The fraction of sp³-hybridized carbons (Fsp3) is 0.933. The van der Waals surface area contributed by atoms with Gasteiger partial charge in [0.05, 0.1) is 5.92 Å². The van der Waals surface area contributed by atoms with E-state index in [1.54, 1.807) is 0 Å². The van der Waals surface area contributed by atoms with Gasteiger partial charge in [-0.25, -0.2) is 0 Å². The molecular formula is C15H31N3O. The van der Waals surface area contributed by atoms with Crippen LogP contribution in [-0.4, -0.2) is 56.0 Å². The van der Waals surface area contributed by atoms with E-state index in [0.717, 1.165) is 44.8 Å². The van der Waals surface area contributed by atoms with Crippen LogP contribution in [0.1, 0.15) is 33.1 Å². The number of hydrogen-bond donors (Lipinski definition) is 1. The number of amides is 1. The molecule has 0 saturated carbocycles. The fourth-order valence-electron chi connectivity index (χ4n) is 2.98. The van der Waals surface area contributed by atoms with Crippen molar-refractivity contribution in [3.63, 3.8) is 0 Å². The Balaban J connectivity index is 2.43. The predicted octanol–water partition coefficient (Wildman–Crippen LogP) is 1.41. The quantitative estimate of drug-likeness (QED) is 0.793. The van der Waals surface area contributed by atoms with E-state index < -0.39 is 0 Å². The van der Waals surface area contributed by atoms with Gasteiger partial charge in [0.1, 0.15) is 0 Å². The smallest absolute Gasteiger partial charge is 0.226 e. The van der Waals surface area contributed by atoms with Gasteiger partial charge in [-0.3, -0.25) is 4.79 Å². The summed E-state index contributed by atoms with van der Waals surface area (Å²) in [6.45, 7) is 7.74. The van der Waals surface area contributed by atoms with Crippen LogP contribution in [0.25, 0.3) is 0 Å². The first-order chi connectivity index (χ1) is 8.93. The summed E-state index contributed by atoms with van der Waals surface area (Å²) in [6.07, 6.45) is 3.17. The third kappa shape index (κ3) is 5.49. The highest BCUT2D eigenvalue weighted by molar-refractivity contribution is 5.79. The van der Waals surface area contributed by atoms with Gasteiger partial charge < -0.3 is 15.5 Å². The lowest BCUT2D eigenvalue weighted by Crippen LogP contribution is -2.45. The van der Waals surface area contributed by atoms with Crippen molar-refractivity contribution in [3.05, 3.63) is 0 Å². The molecule has 0 aromatic carbocycles. The van der Waals surface area contributed by atoms with Crippen molar-refractivity contribution in [1.29, 1.82) is 0 Å². The zero-order valence-corrected chi connectivity index (χ0v) is 13.1. The fourth-order valence-corrected chi connectivity index (χ4v) is 2.98. The number of piperidine rings is 1. The molecule has 1 aliphatic rings. The lowest BCUT2D eigenvalue weighted by Gasteiger charge is -2.35. The molecule has 0 aliphatic carbocycles. The van der Waals surface area contributed by atoms with Gasteiger partial charge in [-0.2, -0.15) is 0 Å². The van der Waals surface area contributed by atoms with Crippen molar-refractivity contribution in [2.75, 3.05) is 40.3 Å². The van der Waals surface area contributed by atoms with Crippen molar-refractivity contribution < 1.29 is 4.79 Å². The van der Waals surface area contributed by atoms with E-state index in [-0.39, 0.29) is 11.8 Å². The minimum Gasteiger partial charge on any atom is -0.342 e. The number of rotatable bonds is 6. The summed E-state index contributed by atoms with van der Waals surface area (Å²) >= 11 is 0. The second-order valence-electron chi connectivity index (χ2n) is 6.59.